The van der Waals surface area contributed by atoms with Gasteiger partial charge in [0.1, 0.15) is 0 Å². The van der Waals surface area contributed by atoms with Crippen LogP contribution in [0.3, 0.4) is 0 Å². The van der Waals surface area contributed by atoms with Crippen molar-refractivity contribution in [2.75, 3.05) is 0 Å². The highest BCUT2D eigenvalue weighted by atomic mass is 32.2. The van der Waals surface area contributed by atoms with Crippen molar-refractivity contribution in [2.24, 2.45) is 0 Å². The van der Waals surface area contributed by atoms with E-state index in [2.05, 4.69) is 0 Å². The number of rotatable bonds is 1. The largest absolute Gasteiger partial charge is 0.294 e. The summed E-state index contributed by atoms with van der Waals surface area (Å²) in [5, 5.41) is 0. The lowest BCUT2D eigenvalue weighted by atomic mass is 10.2. The Morgan fingerprint density at radius 3 is 2.25 bits per heavy atom. The van der Waals surface area contributed by atoms with Crippen LogP contribution >= 0.6 is 0 Å². The molecule has 3 nitrogen and oxygen atoms in total. The molecule has 0 amide bonds. The van der Waals surface area contributed by atoms with E-state index in [1.807, 2.05) is 0 Å². The van der Waals surface area contributed by atoms with Crippen LogP contribution in [-0.2, 0) is 10.1 Å². The van der Waals surface area contributed by atoms with E-state index in [-0.39, 0.29) is 22.3 Å². The summed E-state index contributed by atoms with van der Waals surface area (Å²) in [5.74, 6) is 0. The summed E-state index contributed by atoms with van der Waals surface area (Å²) >= 11 is 0. The highest BCUT2D eigenvalue weighted by Crippen LogP contribution is 2.09. The molecule has 0 atom stereocenters. The molecule has 5 heteroatoms. The molecule has 66 valence electrons. The van der Waals surface area contributed by atoms with E-state index in [1.54, 1.807) is 19.1 Å². The predicted octanol–water partition coefficient (Wildman–Crippen LogP) is 0.0578. The topological polar surface area (TPSA) is 54.4 Å². The van der Waals surface area contributed by atoms with Crippen LogP contribution in [0.1, 0.15) is 5.56 Å². The minimum atomic E-state index is -4.03. The monoisotopic (exact) mass is 202 g/mol. The molecule has 0 aliphatic rings. The molecule has 0 aromatic heterocycles. The zero-order valence-electron chi connectivity index (χ0n) is 5.98. The number of hydrogen-bond acceptors (Lipinski definition) is 2. The highest BCUT2D eigenvalue weighted by Gasteiger charge is 2.07. The van der Waals surface area contributed by atoms with E-state index in [0.717, 1.165) is 5.56 Å². The first-order valence-electron chi connectivity index (χ1n) is 3.04. The molecule has 0 bridgehead atoms. The SMILES string of the molecule is Cc1cccc(S(=O)(=O)O)c1.[AlH3]. The predicted molar refractivity (Wildman–Crippen MR) is 50.9 cm³/mol. The van der Waals surface area contributed by atoms with E-state index < -0.39 is 10.1 Å². The first kappa shape index (κ1) is 11.7. The molecule has 0 heterocycles. The quantitative estimate of drug-likeness (QED) is 0.517. The molecule has 1 aromatic rings. The Balaban J connectivity index is 0.00000121. The molecule has 0 fully saturated rings. The zero-order chi connectivity index (χ0) is 8.48. The van der Waals surface area contributed by atoms with Gasteiger partial charge < -0.3 is 0 Å². The molecule has 0 spiro atoms. The molecule has 0 saturated carbocycles. The second-order valence-electron chi connectivity index (χ2n) is 2.29. The molecule has 12 heavy (non-hydrogen) atoms. The van der Waals surface area contributed by atoms with Crippen LogP contribution in [0.25, 0.3) is 0 Å². The van der Waals surface area contributed by atoms with Gasteiger partial charge >= 0.3 is 0 Å². The summed E-state index contributed by atoms with van der Waals surface area (Å²) in [6.07, 6.45) is 0. The van der Waals surface area contributed by atoms with Gasteiger partial charge in [-0.3, -0.25) is 4.55 Å². The van der Waals surface area contributed by atoms with Crippen LogP contribution in [0.2, 0.25) is 0 Å². The third kappa shape index (κ3) is 2.96. The molecule has 1 N–H and O–H groups in total. The second kappa shape index (κ2) is 4.06. The molecule has 0 aliphatic heterocycles. The van der Waals surface area contributed by atoms with E-state index in [4.69, 9.17) is 4.55 Å². The fraction of sp³-hybridized carbons (Fsp3) is 0.143. The highest BCUT2D eigenvalue weighted by molar-refractivity contribution is 7.85. The Morgan fingerprint density at radius 1 is 1.33 bits per heavy atom. The summed E-state index contributed by atoms with van der Waals surface area (Å²) in [4.78, 5) is -0.0579. The molecule has 0 radical (unpaired) electrons. The molecule has 0 unspecified atom stereocenters. The van der Waals surface area contributed by atoms with Crippen LogP contribution in [0, 0.1) is 6.92 Å². The number of benzene rings is 1. The summed E-state index contributed by atoms with van der Waals surface area (Å²) < 4.78 is 29.7. The van der Waals surface area contributed by atoms with Crippen LogP contribution < -0.4 is 0 Å². The van der Waals surface area contributed by atoms with Gasteiger partial charge in [0.15, 0.2) is 17.4 Å². The normalized spacial score (nSPS) is 10.5. The van der Waals surface area contributed by atoms with E-state index >= 15 is 0 Å². The zero-order valence-corrected chi connectivity index (χ0v) is 6.80. The maximum absolute atomic E-state index is 10.5. The van der Waals surface area contributed by atoms with Crippen molar-refractivity contribution >= 4 is 27.5 Å². The average molecular weight is 202 g/mol. The minimum absolute atomic E-state index is 0. The van der Waals surface area contributed by atoms with Crippen molar-refractivity contribution < 1.29 is 13.0 Å². The van der Waals surface area contributed by atoms with Crippen LogP contribution in [0.4, 0.5) is 0 Å². The van der Waals surface area contributed by atoms with Gasteiger partial charge in [-0.05, 0) is 24.6 Å². The van der Waals surface area contributed by atoms with Crippen LogP contribution in [0.15, 0.2) is 29.2 Å². The Labute approximate surface area is 82.3 Å². The molecular weight excluding hydrogens is 191 g/mol. The fourth-order valence-corrected chi connectivity index (χ4v) is 1.36. The van der Waals surface area contributed by atoms with Gasteiger partial charge in [-0.25, -0.2) is 0 Å². The van der Waals surface area contributed by atoms with Gasteiger partial charge in [-0.15, -0.1) is 0 Å². The lowest BCUT2D eigenvalue weighted by Crippen LogP contribution is -1.97. The smallest absolute Gasteiger partial charge is 0.282 e. The maximum atomic E-state index is 10.5. The Bertz CT molecular complexity index is 359. The third-order valence-electron chi connectivity index (χ3n) is 1.29. The van der Waals surface area contributed by atoms with E-state index in [0.29, 0.717) is 0 Å². The first-order chi connectivity index (χ1) is 5.00. The van der Waals surface area contributed by atoms with Crippen LogP contribution in [0.5, 0.6) is 0 Å². The number of hydrogen-bond donors (Lipinski definition) is 1. The number of aryl methyl sites for hydroxylation is 1. The van der Waals surface area contributed by atoms with Crippen molar-refractivity contribution in [3.63, 3.8) is 0 Å². The molecule has 1 rings (SSSR count). The Kier molecular flexibility index (Phi) is 3.94. The molecule has 0 aliphatic carbocycles. The molecule has 1 aromatic carbocycles. The first-order valence-corrected chi connectivity index (χ1v) is 4.48. The van der Waals surface area contributed by atoms with Crippen molar-refractivity contribution in [1.82, 2.24) is 0 Å². The van der Waals surface area contributed by atoms with Crippen molar-refractivity contribution in [2.45, 2.75) is 11.8 Å². The van der Waals surface area contributed by atoms with Crippen molar-refractivity contribution in [3.8, 4) is 0 Å². The molecular formula is C7H11AlO3S. The van der Waals surface area contributed by atoms with Crippen LogP contribution in [-0.4, -0.2) is 30.3 Å². The second-order valence-corrected chi connectivity index (χ2v) is 3.71. The lowest BCUT2D eigenvalue weighted by molar-refractivity contribution is 0.483. The Morgan fingerprint density at radius 2 is 1.92 bits per heavy atom. The van der Waals surface area contributed by atoms with Crippen molar-refractivity contribution in [3.05, 3.63) is 29.8 Å². The Hall–Kier alpha value is -0.338. The maximum Gasteiger partial charge on any atom is 0.294 e. The average Bonchev–Trinajstić information content (AvgIpc) is 1.86. The van der Waals surface area contributed by atoms with Gasteiger partial charge in [0, 0.05) is 0 Å². The van der Waals surface area contributed by atoms with Gasteiger partial charge in [0.05, 0.1) is 4.90 Å². The fourth-order valence-electron chi connectivity index (χ4n) is 0.776. The van der Waals surface area contributed by atoms with Gasteiger partial charge in [-0.1, -0.05) is 12.1 Å². The van der Waals surface area contributed by atoms with Gasteiger partial charge in [-0.2, -0.15) is 8.42 Å². The van der Waals surface area contributed by atoms with E-state index in [1.165, 1.54) is 12.1 Å². The lowest BCUT2D eigenvalue weighted by Gasteiger charge is -1.96. The third-order valence-corrected chi connectivity index (χ3v) is 2.14. The van der Waals surface area contributed by atoms with E-state index in [9.17, 15) is 8.42 Å². The standard InChI is InChI=1S/C7H8O3S.Al.3H/c1-6-3-2-4-7(5-6)11(8,9)10;;;;/h2-5H,1H3,(H,8,9,10);;;;. The summed E-state index contributed by atoms with van der Waals surface area (Å²) in [6.45, 7) is 1.76. The summed E-state index contributed by atoms with van der Waals surface area (Å²) in [7, 11) is -4.03. The van der Waals surface area contributed by atoms with Gasteiger partial charge in [0.2, 0.25) is 0 Å². The summed E-state index contributed by atoms with van der Waals surface area (Å²) in [5.41, 5.74) is 0.806. The van der Waals surface area contributed by atoms with Crippen molar-refractivity contribution in [1.29, 1.82) is 0 Å². The molecule has 0 saturated heterocycles. The van der Waals surface area contributed by atoms with Gasteiger partial charge in [0.25, 0.3) is 10.1 Å². The summed E-state index contributed by atoms with van der Waals surface area (Å²) in [6, 6.07) is 6.10. The minimum Gasteiger partial charge on any atom is -0.282 e.